The van der Waals surface area contributed by atoms with Crippen LogP contribution in [-0.2, 0) is 9.53 Å². The van der Waals surface area contributed by atoms with Crippen molar-refractivity contribution in [1.29, 1.82) is 0 Å². The number of benzene rings is 2. The Bertz CT molecular complexity index is 778. The summed E-state index contributed by atoms with van der Waals surface area (Å²) in [5, 5.41) is 2.66. The number of methoxy groups -OCH3 is 2. The van der Waals surface area contributed by atoms with E-state index in [1.54, 1.807) is 42.1 Å². The van der Waals surface area contributed by atoms with Gasteiger partial charge in [0.25, 0.3) is 5.91 Å². The molecule has 138 valence electrons. The Morgan fingerprint density at radius 3 is 2.46 bits per heavy atom. The number of esters is 1. The van der Waals surface area contributed by atoms with Crippen LogP contribution >= 0.6 is 11.8 Å². The average molecular weight is 375 g/mol. The summed E-state index contributed by atoms with van der Waals surface area (Å²) in [6.45, 7) is 1.63. The average Bonchev–Trinajstić information content (AvgIpc) is 2.66. The van der Waals surface area contributed by atoms with E-state index in [1.807, 2.05) is 19.1 Å². The van der Waals surface area contributed by atoms with Gasteiger partial charge >= 0.3 is 5.97 Å². The fraction of sp³-hybridized carbons (Fsp3) is 0.263. The van der Waals surface area contributed by atoms with Gasteiger partial charge in [-0.15, -0.1) is 11.8 Å². The summed E-state index contributed by atoms with van der Waals surface area (Å²) in [6, 6.07) is 12.2. The van der Waals surface area contributed by atoms with E-state index in [4.69, 9.17) is 14.2 Å². The van der Waals surface area contributed by atoms with Gasteiger partial charge in [0, 0.05) is 16.6 Å². The summed E-state index contributed by atoms with van der Waals surface area (Å²) in [4.78, 5) is 25.1. The smallest absolute Gasteiger partial charge is 0.339 e. The molecule has 0 saturated carbocycles. The van der Waals surface area contributed by atoms with Crippen LogP contribution in [0.2, 0.25) is 0 Å². The number of anilines is 1. The summed E-state index contributed by atoms with van der Waals surface area (Å²) in [7, 11) is 3.04. The molecule has 2 aromatic rings. The van der Waals surface area contributed by atoms with Crippen molar-refractivity contribution in [2.75, 3.05) is 31.9 Å². The molecule has 2 aromatic carbocycles. The highest BCUT2D eigenvalue weighted by Gasteiger charge is 2.14. The summed E-state index contributed by atoms with van der Waals surface area (Å²) in [5.74, 6) is 0.925. The molecule has 2 rings (SSSR count). The lowest BCUT2D eigenvalue weighted by atomic mass is 10.2. The van der Waals surface area contributed by atoms with Gasteiger partial charge in [-0.3, -0.25) is 4.79 Å². The number of hydrogen-bond acceptors (Lipinski definition) is 6. The molecule has 0 atom stereocenters. The number of nitrogens with one attached hydrogen (secondary N) is 1. The Hall–Kier alpha value is -2.67. The number of amides is 1. The molecule has 0 heterocycles. The van der Waals surface area contributed by atoms with Crippen molar-refractivity contribution in [3.05, 3.63) is 48.0 Å². The molecule has 7 heteroatoms. The fourth-order valence-corrected chi connectivity index (χ4v) is 3.03. The maximum atomic E-state index is 12.2. The highest BCUT2D eigenvalue weighted by Crippen LogP contribution is 2.29. The van der Waals surface area contributed by atoms with Crippen molar-refractivity contribution in [3.8, 4) is 11.5 Å². The van der Waals surface area contributed by atoms with E-state index in [-0.39, 0.29) is 6.61 Å². The van der Waals surface area contributed by atoms with Gasteiger partial charge in [0.2, 0.25) is 0 Å². The minimum Gasteiger partial charge on any atom is -0.493 e. The quantitative estimate of drug-likeness (QED) is 0.561. The maximum absolute atomic E-state index is 12.2. The zero-order chi connectivity index (χ0) is 18.9. The second-order valence-corrected chi connectivity index (χ2v) is 6.43. The van der Waals surface area contributed by atoms with Crippen LogP contribution in [0.5, 0.6) is 11.5 Å². The topological polar surface area (TPSA) is 73.9 Å². The number of carbonyl (C=O) groups excluding carboxylic acids is 2. The van der Waals surface area contributed by atoms with E-state index in [0.29, 0.717) is 22.7 Å². The molecule has 0 spiro atoms. The van der Waals surface area contributed by atoms with Crippen LogP contribution < -0.4 is 14.8 Å². The van der Waals surface area contributed by atoms with E-state index in [2.05, 4.69) is 5.32 Å². The molecule has 0 unspecified atom stereocenters. The first-order chi connectivity index (χ1) is 12.6. The zero-order valence-corrected chi connectivity index (χ0v) is 15.7. The van der Waals surface area contributed by atoms with Crippen molar-refractivity contribution in [1.82, 2.24) is 0 Å². The first-order valence-corrected chi connectivity index (χ1v) is 8.98. The molecule has 26 heavy (non-hydrogen) atoms. The SMILES string of the molecule is CCSc1ccccc1C(=O)OCC(=O)Nc1ccc(OC)c(OC)c1. The van der Waals surface area contributed by atoms with Crippen LogP contribution in [0.4, 0.5) is 5.69 Å². The number of rotatable bonds is 8. The van der Waals surface area contributed by atoms with Crippen molar-refractivity contribution in [2.24, 2.45) is 0 Å². The van der Waals surface area contributed by atoms with Gasteiger partial charge in [-0.2, -0.15) is 0 Å². The molecule has 0 aromatic heterocycles. The van der Waals surface area contributed by atoms with E-state index in [9.17, 15) is 9.59 Å². The number of ether oxygens (including phenoxy) is 3. The van der Waals surface area contributed by atoms with Crippen molar-refractivity contribution < 1.29 is 23.8 Å². The van der Waals surface area contributed by atoms with Crippen LogP contribution in [0.15, 0.2) is 47.4 Å². The molecule has 0 aliphatic rings. The van der Waals surface area contributed by atoms with E-state index < -0.39 is 11.9 Å². The van der Waals surface area contributed by atoms with Crippen LogP contribution in [-0.4, -0.2) is 38.5 Å². The minimum atomic E-state index is -0.524. The third kappa shape index (κ3) is 5.16. The molecule has 0 saturated heterocycles. The third-order valence-corrected chi connectivity index (χ3v) is 4.36. The molecule has 0 bridgehead atoms. The Kier molecular flexibility index (Phi) is 7.35. The molecular weight excluding hydrogens is 354 g/mol. The number of thioether (sulfide) groups is 1. The van der Waals surface area contributed by atoms with Gasteiger partial charge in [0.05, 0.1) is 19.8 Å². The first-order valence-electron chi connectivity index (χ1n) is 7.99. The van der Waals surface area contributed by atoms with Crippen molar-refractivity contribution in [2.45, 2.75) is 11.8 Å². The second-order valence-electron chi connectivity index (χ2n) is 5.12. The Balaban J connectivity index is 1.96. The Morgan fingerprint density at radius 1 is 1.04 bits per heavy atom. The number of hydrogen-bond donors (Lipinski definition) is 1. The lowest BCUT2D eigenvalue weighted by Gasteiger charge is -2.11. The third-order valence-electron chi connectivity index (χ3n) is 3.41. The molecule has 0 radical (unpaired) electrons. The fourth-order valence-electron chi connectivity index (χ4n) is 2.24. The lowest BCUT2D eigenvalue weighted by Crippen LogP contribution is -2.21. The first kappa shape index (κ1) is 19.7. The Labute approximate surface area is 156 Å². The van der Waals surface area contributed by atoms with Crippen molar-refractivity contribution in [3.63, 3.8) is 0 Å². The second kappa shape index (κ2) is 9.72. The molecule has 0 aliphatic heterocycles. The van der Waals surface area contributed by atoms with Gasteiger partial charge in [0.15, 0.2) is 18.1 Å². The van der Waals surface area contributed by atoms with E-state index >= 15 is 0 Å². The highest BCUT2D eigenvalue weighted by atomic mass is 32.2. The van der Waals surface area contributed by atoms with Crippen LogP contribution in [0.1, 0.15) is 17.3 Å². The molecule has 0 aliphatic carbocycles. The molecule has 1 N–H and O–H groups in total. The summed E-state index contributed by atoms with van der Waals surface area (Å²) in [6.07, 6.45) is 0. The lowest BCUT2D eigenvalue weighted by molar-refractivity contribution is -0.119. The minimum absolute atomic E-state index is 0.377. The predicted molar refractivity (Wildman–Crippen MR) is 101 cm³/mol. The Morgan fingerprint density at radius 2 is 1.77 bits per heavy atom. The normalized spacial score (nSPS) is 10.1. The maximum Gasteiger partial charge on any atom is 0.339 e. The van der Waals surface area contributed by atoms with Gasteiger partial charge < -0.3 is 19.5 Å². The van der Waals surface area contributed by atoms with E-state index in [1.165, 1.54) is 14.2 Å². The van der Waals surface area contributed by atoms with Crippen LogP contribution in [0.3, 0.4) is 0 Å². The van der Waals surface area contributed by atoms with Gasteiger partial charge in [-0.25, -0.2) is 4.79 Å². The zero-order valence-electron chi connectivity index (χ0n) is 14.9. The number of carbonyl (C=O) groups is 2. The summed E-state index contributed by atoms with van der Waals surface area (Å²) >= 11 is 1.55. The summed E-state index contributed by atoms with van der Waals surface area (Å²) in [5.41, 5.74) is 0.976. The highest BCUT2D eigenvalue weighted by molar-refractivity contribution is 7.99. The van der Waals surface area contributed by atoms with Gasteiger partial charge in [0.1, 0.15) is 0 Å². The van der Waals surface area contributed by atoms with Crippen molar-refractivity contribution >= 4 is 29.3 Å². The monoisotopic (exact) mass is 375 g/mol. The van der Waals surface area contributed by atoms with Gasteiger partial charge in [-0.05, 0) is 30.0 Å². The standard InChI is InChI=1S/C19H21NO5S/c1-4-26-17-8-6-5-7-14(17)19(22)25-12-18(21)20-13-9-10-15(23-2)16(11-13)24-3/h5-11H,4,12H2,1-3H3,(H,20,21). The summed E-state index contributed by atoms with van der Waals surface area (Å²) < 4.78 is 15.5. The molecule has 0 fully saturated rings. The molecular formula is C19H21NO5S. The predicted octanol–water partition coefficient (Wildman–Crippen LogP) is 3.61. The van der Waals surface area contributed by atoms with Crippen LogP contribution in [0.25, 0.3) is 0 Å². The largest absolute Gasteiger partial charge is 0.493 e. The van der Waals surface area contributed by atoms with Crippen LogP contribution in [0, 0.1) is 0 Å². The van der Waals surface area contributed by atoms with Gasteiger partial charge in [-0.1, -0.05) is 19.1 Å². The molecule has 1 amide bonds. The molecule has 6 nitrogen and oxygen atoms in total. The van der Waals surface area contributed by atoms with E-state index in [0.717, 1.165) is 10.6 Å².